The molecule has 0 unspecified atom stereocenters. The summed E-state index contributed by atoms with van der Waals surface area (Å²) in [6.07, 6.45) is 1.26. The number of aryl methyl sites for hydroxylation is 3. The second-order valence-corrected chi connectivity index (χ2v) is 5.50. The summed E-state index contributed by atoms with van der Waals surface area (Å²) < 4.78 is 2.05. The summed E-state index contributed by atoms with van der Waals surface area (Å²) in [6, 6.07) is 7.54. The summed E-state index contributed by atoms with van der Waals surface area (Å²) in [4.78, 5) is 19.1. The van der Waals surface area contributed by atoms with E-state index < -0.39 is 4.92 Å². The summed E-state index contributed by atoms with van der Waals surface area (Å²) in [5, 5.41) is 14.0. The number of aromatic nitrogens is 3. The summed E-state index contributed by atoms with van der Waals surface area (Å²) in [5.74, 6) is 1.51. The molecular weight excluding hydrogens is 294 g/mol. The number of anilines is 1. The lowest BCUT2D eigenvalue weighted by Gasteiger charge is -2.08. The van der Waals surface area contributed by atoms with Crippen molar-refractivity contribution in [2.24, 2.45) is 7.05 Å². The number of nitro groups is 1. The molecule has 1 aromatic carbocycles. The molecule has 0 aliphatic rings. The number of benzene rings is 1. The van der Waals surface area contributed by atoms with Gasteiger partial charge in [-0.25, -0.2) is 9.97 Å². The van der Waals surface area contributed by atoms with Gasteiger partial charge in [0.05, 0.1) is 22.5 Å². The van der Waals surface area contributed by atoms with Crippen LogP contribution in [0.5, 0.6) is 0 Å². The first-order valence-corrected chi connectivity index (χ1v) is 7.23. The molecule has 0 aliphatic heterocycles. The lowest BCUT2D eigenvalue weighted by Crippen LogP contribution is -2.08. The number of rotatable bonds is 4. The van der Waals surface area contributed by atoms with Crippen LogP contribution in [0.1, 0.15) is 17.0 Å². The number of nitrogens with zero attached hydrogens (tertiary/aromatic N) is 4. The number of nitrogens with one attached hydrogen (secondary N) is 1. The third kappa shape index (κ3) is 2.73. The largest absolute Gasteiger partial charge is 0.363 e. The Morgan fingerprint density at radius 1 is 1.30 bits per heavy atom. The van der Waals surface area contributed by atoms with Crippen LogP contribution in [0.3, 0.4) is 0 Å². The van der Waals surface area contributed by atoms with E-state index in [9.17, 15) is 10.1 Å². The fraction of sp³-hybridized carbons (Fsp3) is 0.250. The molecule has 0 fully saturated rings. The van der Waals surface area contributed by atoms with Gasteiger partial charge in [-0.05, 0) is 31.0 Å². The van der Waals surface area contributed by atoms with E-state index in [1.807, 2.05) is 19.2 Å². The maximum Gasteiger partial charge on any atom is 0.287 e. The number of imidazole rings is 1. The molecular formula is C16H17N5O2. The zero-order valence-corrected chi connectivity index (χ0v) is 13.2. The molecule has 0 spiro atoms. The van der Waals surface area contributed by atoms with Gasteiger partial charge in [0.2, 0.25) is 0 Å². The van der Waals surface area contributed by atoms with Gasteiger partial charge in [0.15, 0.2) is 0 Å². The van der Waals surface area contributed by atoms with Crippen molar-refractivity contribution in [1.29, 1.82) is 0 Å². The van der Waals surface area contributed by atoms with Gasteiger partial charge in [-0.3, -0.25) is 10.1 Å². The highest BCUT2D eigenvalue weighted by atomic mass is 16.6. The lowest BCUT2D eigenvalue weighted by atomic mass is 10.2. The average Bonchev–Trinajstić information content (AvgIpc) is 2.83. The number of fused-ring (bicyclic) bond motifs is 1. The molecule has 0 bridgehead atoms. The predicted octanol–water partition coefficient (Wildman–Crippen LogP) is 3.11. The Labute approximate surface area is 133 Å². The molecule has 118 valence electrons. The normalized spacial score (nSPS) is 10.9. The molecule has 0 saturated carbocycles. The van der Waals surface area contributed by atoms with Crippen molar-refractivity contribution in [3.05, 3.63) is 57.5 Å². The van der Waals surface area contributed by atoms with Crippen molar-refractivity contribution in [1.82, 2.24) is 14.5 Å². The molecule has 2 heterocycles. The minimum atomic E-state index is -0.446. The molecule has 0 saturated heterocycles. The first-order chi connectivity index (χ1) is 11.0. The quantitative estimate of drug-likeness (QED) is 0.591. The van der Waals surface area contributed by atoms with Gasteiger partial charge in [0.1, 0.15) is 17.8 Å². The van der Waals surface area contributed by atoms with E-state index in [4.69, 9.17) is 0 Å². The van der Waals surface area contributed by atoms with Crippen molar-refractivity contribution in [3.8, 4) is 0 Å². The third-order valence-electron chi connectivity index (χ3n) is 3.88. The maximum atomic E-state index is 10.8. The number of hydrogen-bond donors (Lipinski definition) is 1. The molecule has 0 aliphatic carbocycles. The van der Waals surface area contributed by atoms with Crippen molar-refractivity contribution in [2.75, 3.05) is 5.32 Å². The van der Waals surface area contributed by atoms with Gasteiger partial charge in [0.25, 0.3) is 5.69 Å². The van der Waals surface area contributed by atoms with Gasteiger partial charge in [-0.1, -0.05) is 12.1 Å². The van der Waals surface area contributed by atoms with Crippen LogP contribution >= 0.6 is 0 Å². The first-order valence-electron chi connectivity index (χ1n) is 7.23. The summed E-state index contributed by atoms with van der Waals surface area (Å²) in [6.45, 7) is 4.35. The highest BCUT2D eigenvalue weighted by molar-refractivity contribution is 5.79. The molecule has 23 heavy (non-hydrogen) atoms. The zero-order chi connectivity index (χ0) is 16.6. The van der Waals surface area contributed by atoms with Gasteiger partial charge >= 0.3 is 0 Å². The van der Waals surface area contributed by atoms with Crippen molar-refractivity contribution >= 4 is 22.5 Å². The number of pyridine rings is 1. The molecule has 0 atom stereocenters. The van der Waals surface area contributed by atoms with Crippen molar-refractivity contribution in [3.63, 3.8) is 0 Å². The highest BCUT2D eigenvalue weighted by Crippen LogP contribution is 2.21. The Hall–Kier alpha value is -2.96. The van der Waals surface area contributed by atoms with Crippen molar-refractivity contribution < 1.29 is 4.92 Å². The minimum Gasteiger partial charge on any atom is -0.363 e. The average molecular weight is 311 g/mol. The van der Waals surface area contributed by atoms with Crippen LogP contribution in [0, 0.1) is 24.0 Å². The van der Waals surface area contributed by atoms with Gasteiger partial charge in [-0.2, -0.15) is 0 Å². The summed E-state index contributed by atoms with van der Waals surface area (Å²) in [7, 11) is 1.98. The van der Waals surface area contributed by atoms with Crippen LogP contribution in [0.2, 0.25) is 0 Å². The van der Waals surface area contributed by atoms with Gasteiger partial charge < -0.3 is 9.88 Å². The van der Waals surface area contributed by atoms with E-state index in [0.29, 0.717) is 12.4 Å². The monoisotopic (exact) mass is 311 g/mol. The molecule has 3 rings (SSSR count). The molecule has 3 aromatic rings. The Morgan fingerprint density at radius 3 is 2.74 bits per heavy atom. The fourth-order valence-corrected chi connectivity index (χ4v) is 2.68. The first kappa shape index (κ1) is 15.0. The second-order valence-electron chi connectivity index (χ2n) is 5.50. The van der Waals surface area contributed by atoms with Gasteiger partial charge in [-0.15, -0.1) is 0 Å². The highest BCUT2D eigenvalue weighted by Gasteiger charge is 2.12. The summed E-state index contributed by atoms with van der Waals surface area (Å²) >= 11 is 0. The second kappa shape index (κ2) is 5.68. The molecule has 0 amide bonds. The Bertz CT molecular complexity index is 901. The minimum absolute atomic E-state index is 0.00796. The Balaban J connectivity index is 1.85. The standard InChI is InChI=1S/C16H17N5O2/c1-10-5-4-6-13-15(10)20(3)14(19-13)9-18-16-11(2)7-12(8-17-16)21(22)23/h4-8H,9H2,1-3H3,(H,17,18). The summed E-state index contributed by atoms with van der Waals surface area (Å²) in [5.41, 5.74) is 3.96. The molecule has 1 N–H and O–H groups in total. The third-order valence-corrected chi connectivity index (χ3v) is 3.88. The smallest absolute Gasteiger partial charge is 0.287 e. The van der Waals surface area contributed by atoms with E-state index >= 15 is 0 Å². The number of hydrogen-bond acceptors (Lipinski definition) is 5. The molecule has 7 heteroatoms. The van der Waals surface area contributed by atoms with Crippen LogP contribution < -0.4 is 5.32 Å². The maximum absolute atomic E-state index is 10.8. The van der Waals surface area contributed by atoms with Crippen LogP contribution in [-0.2, 0) is 13.6 Å². The molecule has 0 radical (unpaired) electrons. The zero-order valence-electron chi connectivity index (χ0n) is 13.2. The topological polar surface area (TPSA) is 85.9 Å². The van der Waals surface area contributed by atoms with Crippen LogP contribution in [0.4, 0.5) is 11.5 Å². The Morgan fingerprint density at radius 2 is 2.09 bits per heavy atom. The van der Waals surface area contributed by atoms with Crippen molar-refractivity contribution in [2.45, 2.75) is 20.4 Å². The van der Waals surface area contributed by atoms with E-state index in [-0.39, 0.29) is 5.69 Å². The van der Waals surface area contributed by atoms with Gasteiger partial charge in [0, 0.05) is 13.1 Å². The lowest BCUT2D eigenvalue weighted by molar-refractivity contribution is -0.385. The van der Waals surface area contributed by atoms with E-state index in [0.717, 1.165) is 22.4 Å². The van der Waals surface area contributed by atoms with Crippen LogP contribution in [-0.4, -0.2) is 19.5 Å². The SMILES string of the molecule is Cc1cc([N+](=O)[O-])cnc1NCc1nc2cccc(C)c2n1C. The van der Waals surface area contributed by atoms with Crippen LogP contribution in [0.25, 0.3) is 11.0 Å². The molecule has 7 nitrogen and oxygen atoms in total. The Kier molecular flexibility index (Phi) is 3.69. The van der Waals surface area contributed by atoms with E-state index in [1.54, 1.807) is 6.92 Å². The number of para-hydroxylation sites is 1. The van der Waals surface area contributed by atoms with E-state index in [1.165, 1.54) is 17.8 Å². The fourth-order valence-electron chi connectivity index (χ4n) is 2.68. The predicted molar refractivity (Wildman–Crippen MR) is 88.4 cm³/mol. The van der Waals surface area contributed by atoms with Crippen LogP contribution in [0.15, 0.2) is 30.5 Å². The molecule has 2 aromatic heterocycles. The van der Waals surface area contributed by atoms with E-state index in [2.05, 4.69) is 32.8 Å².